The predicted molar refractivity (Wildman–Crippen MR) is 105 cm³/mol. The summed E-state index contributed by atoms with van der Waals surface area (Å²) in [7, 11) is 0. The zero-order chi connectivity index (χ0) is 18.8. The van der Waals surface area contributed by atoms with Crippen LogP contribution in [0.4, 0.5) is 0 Å². The number of rotatable bonds is 4. The molecule has 0 bridgehead atoms. The molecule has 1 atom stereocenters. The van der Waals surface area contributed by atoms with Gasteiger partial charge in [-0.15, -0.1) is 0 Å². The average molecular weight is 367 g/mol. The summed E-state index contributed by atoms with van der Waals surface area (Å²) in [4.78, 5) is 27.8. The number of ether oxygens (including phenoxy) is 1. The smallest absolute Gasteiger partial charge is 0.260 e. The molecular formula is C20H25N5O2. The van der Waals surface area contributed by atoms with Gasteiger partial charge in [-0.3, -0.25) is 9.79 Å². The third-order valence-electron chi connectivity index (χ3n) is 5.23. The van der Waals surface area contributed by atoms with Crippen molar-refractivity contribution in [3.8, 4) is 5.75 Å². The highest BCUT2D eigenvalue weighted by Gasteiger charge is 2.28. The Labute approximate surface area is 159 Å². The molecule has 0 saturated carbocycles. The van der Waals surface area contributed by atoms with Crippen LogP contribution in [0.3, 0.4) is 0 Å². The molecule has 1 amide bonds. The van der Waals surface area contributed by atoms with E-state index in [0.717, 1.165) is 42.6 Å². The Morgan fingerprint density at radius 3 is 2.78 bits per heavy atom. The maximum absolute atomic E-state index is 12.5. The number of nitrogens with zero attached hydrogens (tertiary/aromatic N) is 5. The molecule has 7 heteroatoms. The molecule has 1 aromatic carbocycles. The number of aliphatic imine (C=N–C) groups is 2. The Morgan fingerprint density at radius 2 is 2.00 bits per heavy atom. The van der Waals surface area contributed by atoms with Gasteiger partial charge in [0.25, 0.3) is 5.91 Å². The molecule has 27 heavy (non-hydrogen) atoms. The second-order valence-corrected chi connectivity index (χ2v) is 7.12. The first-order valence-electron chi connectivity index (χ1n) is 9.41. The Hall–Kier alpha value is -2.83. The molecule has 0 aliphatic carbocycles. The first-order valence-corrected chi connectivity index (χ1v) is 9.41. The Morgan fingerprint density at radius 1 is 1.22 bits per heavy atom. The number of amidine groups is 1. The molecule has 0 N–H and O–H groups in total. The van der Waals surface area contributed by atoms with Crippen LogP contribution in [-0.4, -0.2) is 78.2 Å². The van der Waals surface area contributed by atoms with E-state index in [1.165, 1.54) is 0 Å². The molecule has 4 rings (SSSR count). The summed E-state index contributed by atoms with van der Waals surface area (Å²) in [6.07, 6.45) is 3.92. The molecule has 0 aromatic heterocycles. The minimum atomic E-state index is 0.0270. The van der Waals surface area contributed by atoms with Crippen molar-refractivity contribution in [2.45, 2.75) is 19.9 Å². The standard InChI is InChI=1S/C20H25N5O2/c1-15-5-3-4-6-17(15)27-13-20(26)24-9-7-23(8-10-24)18-11-19-21-12-16(2)25(19)14-22-18/h3-6,11,14,16H,7-10,12-13H2,1-2H3/t16-/m0/s1. The van der Waals surface area contributed by atoms with E-state index in [-0.39, 0.29) is 12.5 Å². The van der Waals surface area contributed by atoms with Crippen molar-refractivity contribution in [3.63, 3.8) is 0 Å². The second kappa shape index (κ2) is 7.42. The van der Waals surface area contributed by atoms with Crippen molar-refractivity contribution in [3.05, 3.63) is 41.7 Å². The van der Waals surface area contributed by atoms with E-state index in [9.17, 15) is 4.79 Å². The van der Waals surface area contributed by atoms with E-state index in [4.69, 9.17) is 4.74 Å². The fourth-order valence-corrected chi connectivity index (χ4v) is 3.50. The molecule has 3 aliphatic rings. The topological polar surface area (TPSA) is 60.7 Å². The first-order chi connectivity index (χ1) is 13.1. The second-order valence-electron chi connectivity index (χ2n) is 7.12. The number of carbonyl (C=O) groups excluding carboxylic acids is 1. The minimum Gasteiger partial charge on any atom is -0.484 e. The lowest BCUT2D eigenvalue weighted by atomic mass is 10.2. The van der Waals surface area contributed by atoms with Gasteiger partial charge >= 0.3 is 0 Å². The molecule has 1 saturated heterocycles. The highest BCUT2D eigenvalue weighted by atomic mass is 16.5. The first kappa shape index (κ1) is 17.6. The van der Waals surface area contributed by atoms with Crippen LogP contribution in [0.1, 0.15) is 12.5 Å². The number of hydrogen-bond acceptors (Lipinski definition) is 6. The largest absolute Gasteiger partial charge is 0.484 e. The molecule has 1 aromatic rings. The van der Waals surface area contributed by atoms with E-state index >= 15 is 0 Å². The summed E-state index contributed by atoms with van der Waals surface area (Å²) in [5.74, 6) is 2.71. The van der Waals surface area contributed by atoms with Crippen LogP contribution in [0.2, 0.25) is 0 Å². The van der Waals surface area contributed by atoms with Crippen LogP contribution in [0, 0.1) is 6.92 Å². The average Bonchev–Trinajstić information content (AvgIpc) is 3.07. The maximum Gasteiger partial charge on any atom is 0.260 e. The molecule has 142 valence electrons. The van der Waals surface area contributed by atoms with Gasteiger partial charge in [-0.2, -0.15) is 0 Å². The number of piperazine rings is 1. The van der Waals surface area contributed by atoms with Gasteiger partial charge < -0.3 is 19.4 Å². The Kier molecular flexibility index (Phi) is 4.83. The van der Waals surface area contributed by atoms with Crippen molar-refractivity contribution in [1.29, 1.82) is 0 Å². The number of carbonyl (C=O) groups is 1. The number of amides is 1. The molecular weight excluding hydrogens is 342 g/mol. The minimum absolute atomic E-state index is 0.0270. The lowest BCUT2D eigenvalue weighted by Gasteiger charge is -2.37. The summed E-state index contributed by atoms with van der Waals surface area (Å²) in [6, 6.07) is 8.13. The fraction of sp³-hybridized carbons (Fsp3) is 0.450. The van der Waals surface area contributed by atoms with Crippen molar-refractivity contribution >= 4 is 18.1 Å². The van der Waals surface area contributed by atoms with E-state index in [1.54, 1.807) is 0 Å². The van der Waals surface area contributed by atoms with Gasteiger partial charge in [-0.05, 0) is 25.5 Å². The van der Waals surface area contributed by atoms with Gasteiger partial charge in [0.15, 0.2) is 6.61 Å². The summed E-state index contributed by atoms with van der Waals surface area (Å²) in [6.45, 7) is 7.90. The van der Waals surface area contributed by atoms with Crippen molar-refractivity contribution in [2.75, 3.05) is 39.3 Å². The summed E-state index contributed by atoms with van der Waals surface area (Å²) >= 11 is 0. The number of para-hydroxylation sites is 1. The summed E-state index contributed by atoms with van der Waals surface area (Å²) in [5, 5.41) is 0. The van der Waals surface area contributed by atoms with Gasteiger partial charge in [0.1, 0.15) is 17.4 Å². The zero-order valence-corrected chi connectivity index (χ0v) is 15.8. The van der Waals surface area contributed by atoms with Gasteiger partial charge in [0.2, 0.25) is 0 Å². The predicted octanol–water partition coefficient (Wildman–Crippen LogP) is 1.50. The number of hydrogen-bond donors (Lipinski definition) is 0. The molecule has 1 fully saturated rings. The number of aryl methyl sites for hydroxylation is 1. The van der Waals surface area contributed by atoms with E-state index in [0.29, 0.717) is 19.1 Å². The number of benzene rings is 1. The van der Waals surface area contributed by atoms with Gasteiger partial charge in [-0.25, -0.2) is 4.99 Å². The van der Waals surface area contributed by atoms with Crippen molar-refractivity contribution < 1.29 is 9.53 Å². The van der Waals surface area contributed by atoms with E-state index < -0.39 is 0 Å². The van der Waals surface area contributed by atoms with Crippen LogP contribution in [0.25, 0.3) is 0 Å². The summed E-state index contributed by atoms with van der Waals surface area (Å²) < 4.78 is 5.69. The maximum atomic E-state index is 12.5. The quantitative estimate of drug-likeness (QED) is 0.809. The summed E-state index contributed by atoms with van der Waals surface area (Å²) in [5.41, 5.74) is 1.04. The molecule has 3 aliphatic heterocycles. The van der Waals surface area contributed by atoms with Gasteiger partial charge in [0, 0.05) is 32.3 Å². The third kappa shape index (κ3) is 3.67. The van der Waals surface area contributed by atoms with Gasteiger partial charge in [0.05, 0.1) is 18.9 Å². The Bertz CT molecular complexity index is 808. The fourth-order valence-electron chi connectivity index (χ4n) is 3.50. The van der Waals surface area contributed by atoms with Crippen LogP contribution < -0.4 is 4.74 Å². The third-order valence-corrected chi connectivity index (χ3v) is 5.23. The molecule has 7 nitrogen and oxygen atoms in total. The molecule has 0 unspecified atom stereocenters. The van der Waals surface area contributed by atoms with Crippen molar-refractivity contribution in [1.82, 2.24) is 14.7 Å². The SMILES string of the molecule is Cc1ccccc1OCC(=O)N1CCN(C2=CC3=NC[C@H](C)N3C=N2)CC1. The Balaban J connectivity index is 1.29. The lowest BCUT2D eigenvalue weighted by molar-refractivity contribution is -0.134. The van der Waals surface area contributed by atoms with Crippen LogP contribution in [0.5, 0.6) is 5.75 Å². The van der Waals surface area contributed by atoms with Crippen LogP contribution in [-0.2, 0) is 4.79 Å². The normalized spacial score (nSPS) is 21.7. The highest BCUT2D eigenvalue weighted by Crippen LogP contribution is 2.20. The molecule has 0 radical (unpaired) electrons. The number of fused-ring (bicyclic) bond motifs is 1. The molecule has 0 spiro atoms. The lowest BCUT2D eigenvalue weighted by Crippen LogP contribution is -2.50. The van der Waals surface area contributed by atoms with Gasteiger partial charge in [-0.1, -0.05) is 18.2 Å². The monoisotopic (exact) mass is 367 g/mol. The van der Waals surface area contributed by atoms with Crippen LogP contribution in [0.15, 0.2) is 46.1 Å². The highest BCUT2D eigenvalue weighted by molar-refractivity contribution is 6.03. The molecule has 3 heterocycles. The zero-order valence-electron chi connectivity index (χ0n) is 15.8. The van der Waals surface area contributed by atoms with Crippen LogP contribution >= 0.6 is 0 Å². The van der Waals surface area contributed by atoms with Crippen molar-refractivity contribution in [2.24, 2.45) is 9.98 Å². The van der Waals surface area contributed by atoms with E-state index in [1.807, 2.05) is 48.5 Å². The van der Waals surface area contributed by atoms with E-state index in [2.05, 4.69) is 26.7 Å².